The Bertz CT molecular complexity index is 1020. The predicted molar refractivity (Wildman–Crippen MR) is 144 cm³/mol. The van der Waals surface area contributed by atoms with Gasteiger partial charge in [0.25, 0.3) is 0 Å². The molecule has 2 amide bonds. The maximum absolute atomic E-state index is 13.4. The minimum atomic E-state index is -0.133. The van der Waals surface area contributed by atoms with Crippen molar-refractivity contribution < 1.29 is 4.79 Å². The second-order valence-electron chi connectivity index (χ2n) is 9.24. The van der Waals surface area contributed by atoms with Gasteiger partial charge in [0.15, 0.2) is 0 Å². The summed E-state index contributed by atoms with van der Waals surface area (Å²) in [6, 6.07) is 26.6. The van der Waals surface area contributed by atoms with E-state index in [0.29, 0.717) is 12.5 Å². The molecule has 4 heteroatoms. The third-order valence-corrected chi connectivity index (χ3v) is 6.66. The van der Waals surface area contributed by atoms with Crippen molar-refractivity contribution in [3.8, 4) is 11.1 Å². The summed E-state index contributed by atoms with van der Waals surface area (Å²) in [6.45, 7) is 8.94. The SMILES string of the molecule is CCCc1ccc(-c2ccc(N(CC(N)C(C)CC)C(=O)NC(C)c3ccccc3)cc2)cc1. The zero-order chi connectivity index (χ0) is 24.5. The third-order valence-electron chi connectivity index (χ3n) is 6.66. The van der Waals surface area contributed by atoms with Crippen LogP contribution in [0.5, 0.6) is 0 Å². The van der Waals surface area contributed by atoms with Gasteiger partial charge in [-0.1, -0.05) is 100 Å². The average molecular weight is 458 g/mol. The molecule has 0 spiro atoms. The first-order valence-electron chi connectivity index (χ1n) is 12.5. The number of urea groups is 1. The number of nitrogens with zero attached hydrogens (tertiary/aromatic N) is 1. The Balaban J connectivity index is 1.81. The molecular formula is C30H39N3O. The lowest BCUT2D eigenvalue weighted by molar-refractivity contribution is 0.242. The number of hydrogen-bond acceptors (Lipinski definition) is 2. The highest BCUT2D eigenvalue weighted by molar-refractivity contribution is 5.92. The largest absolute Gasteiger partial charge is 0.331 e. The Hall–Kier alpha value is -3.11. The highest BCUT2D eigenvalue weighted by atomic mass is 16.2. The molecule has 0 aliphatic carbocycles. The van der Waals surface area contributed by atoms with Gasteiger partial charge in [-0.3, -0.25) is 4.90 Å². The van der Waals surface area contributed by atoms with E-state index in [4.69, 9.17) is 5.73 Å². The lowest BCUT2D eigenvalue weighted by Gasteiger charge is -2.30. The van der Waals surface area contributed by atoms with E-state index in [1.54, 1.807) is 4.90 Å². The van der Waals surface area contributed by atoms with Gasteiger partial charge in [0.1, 0.15) is 0 Å². The van der Waals surface area contributed by atoms with E-state index < -0.39 is 0 Å². The van der Waals surface area contributed by atoms with Gasteiger partial charge in [0, 0.05) is 18.3 Å². The molecule has 0 bridgehead atoms. The maximum Gasteiger partial charge on any atom is 0.322 e. The number of rotatable bonds is 10. The molecule has 0 saturated heterocycles. The quantitative estimate of drug-likeness (QED) is 0.346. The van der Waals surface area contributed by atoms with Crippen LogP contribution in [0.2, 0.25) is 0 Å². The fourth-order valence-electron chi connectivity index (χ4n) is 4.07. The molecule has 180 valence electrons. The van der Waals surface area contributed by atoms with E-state index >= 15 is 0 Å². The Kier molecular flexibility index (Phi) is 9.29. The summed E-state index contributed by atoms with van der Waals surface area (Å²) in [5, 5.41) is 3.15. The molecule has 3 atom stereocenters. The van der Waals surface area contributed by atoms with Crippen LogP contribution in [0.1, 0.15) is 57.7 Å². The van der Waals surface area contributed by atoms with Crippen molar-refractivity contribution in [2.24, 2.45) is 11.7 Å². The van der Waals surface area contributed by atoms with Crippen LogP contribution in [0.25, 0.3) is 11.1 Å². The van der Waals surface area contributed by atoms with Gasteiger partial charge in [-0.2, -0.15) is 0 Å². The number of nitrogens with two attached hydrogens (primary N) is 1. The number of carbonyl (C=O) groups excluding carboxylic acids is 1. The number of anilines is 1. The van der Waals surface area contributed by atoms with Gasteiger partial charge in [-0.15, -0.1) is 0 Å². The minimum Gasteiger partial charge on any atom is -0.331 e. The maximum atomic E-state index is 13.4. The fraction of sp³-hybridized carbons (Fsp3) is 0.367. The van der Waals surface area contributed by atoms with Crippen LogP contribution in [-0.4, -0.2) is 18.6 Å². The molecule has 0 aromatic heterocycles. The molecule has 3 N–H and O–H groups in total. The summed E-state index contributed by atoms with van der Waals surface area (Å²) >= 11 is 0. The number of aryl methyl sites for hydroxylation is 1. The Morgan fingerprint density at radius 3 is 2.03 bits per heavy atom. The number of amides is 2. The topological polar surface area (TPSA) is 58.4 Å². The summed E-state index contributed by atoms with van der Waals surface area (Å²) in [6.07, 6.45) is 3.22. The molecule has 34 heavy (non-hydrogen) atoms. The van der Waals surface area contributed by atoms with Gasteiger partial charge in [-0.25, -0.2) is 4.79 Å². The summed E-state index contributed by atoms with van der Waals surface area (Å²) in [4.78, 5) is 15.2. The fourth-order valence-corrected chi connectivity index (χ4v) is 4.07. The standard InChI is InChI=1S/C30H39N3O/c1-5-10-24-13-15-26(16-14-24)27-17-19-28(20-18-27)33(21-29(31)22(3)6-2)30(34)32-23(4)25-11-8-7-9-12-25/h7-9,11-20,22-23,29H,5-6,10,21,31H2,1-4H3,(H,32,34). The van der Waals surface area contributed by atoms with Crippen LogP contribution >= 0.6 is 0 Å². The van der Waals surface area contributed by atoms with Crippen LogP contribution in [0.4, 0.5) is 10.5 Å². The van der Waals surface area contributed by atoms with Crippen LogP contribution in [-0.2, 0) is 6.42 Å². The van der Waals surface area contributed by atoms with Crippen LogP contribution in [0.15, 0.2) is 78.9 Å². The van der Waals surface area contributed by atoms with Gasteiger partial charge < -0.3 is 11.1 Å². The molecule has 0 saturated carbocycles. The van der Waals surface area contributed by atoms with Crippen LogP contribution < -0.4 is 16.0 Å². The Morgan fingerprint density at radius 2 is 1.47 bits per heavy atom. The normalized spacial score (nSPS) is 13.7. The molecule has 0 fully saturated rings. The highest BCUT2D eigenvalue weighted by Crippen LogP contribution is 2.25. The van der Waals surface area contributed by atoms with Crippen LogP contribution in [0.3, 0.4) is 0 Å². The lowest BCUT2D eigenvalue weighted by atomic mass is 9.99. The molecular weight excluding hydrogens is 418 g/mol. The Morgan fingerprint density at radius 1 is 0.882 bits per heavy atom. The first-order chi connectivity index (χ1) is 16.4. The summed E-state index contributed by atoms with van der Waals surface area (Å²) in [7, 11) is 0. The molecule has 3 unspecified atom stereocenters. The summed E-state index contributed by atoms with van der Waals surface area (Å²) in [5.41, 5.74) is 12.1. The van der Waals surface area contributed by atoms with E-state index in [-0.39, 0.29) is 18.1 Å². The third kappa shape index (κ3) is 6.71. The zero-order valence-corrected chi connectivity index (χ0v) is 21.0. The van der Waals surface area contributed by atoms with Crippen molar-refractivity contribution in [1.29, 1.82) is 0 Å². The first-order valence-corrected chi connectivity index (χ1v) is 12.5. The number of hydrogen-bond donors (Lipinski definition) is 2. The van der Waals surface area contributed by atoms with Crippen molar-refractivity contribution in [3.63, 3.8) is 0 Å². The number of benzene rings is 3. The Labute approximate surface area is 205 Å². The van der Waals surface area contributed by atoms with Gasteiger partial charge in [0.2, 0.25) is 0 Å². The van der Waals surface area contributed by atoms with E-state index in [2.05, 4.69) is 62.5 Å². The zero-order valence-electron chi connectivity index (χ0n) is 21.0. The number of carbonyl (C=O) groups is 1. The minimum absolute atomic E-state index is 0.100. The number of nitrogens with one attached hydrogen (secondary N) is 1. The van der Waals surface area contributed by atoms with E-state index in [0.717, 1.165) is 36.1 Å². The molecule has 3 rings (SSSR count). The summed E-state index contributed by atoms with van der Waals surface area (Å²) in [5.74, 6) is 0.322. The molecule has 0 aliphatic rings. The molecule has 3 aromatic rings. The highest BCUT2D eigenvalue weighted by Gasteiger charge is 2.23. The summed E-state index contributed by atoms with van der Waals surface area (Å²) < 4.78 is 0. The first kappa shape index (κ1) is 25.5. The molecule has 0 aliphatic heterocycles. The monoisotopic (exact) mass is 457 g/mol. The van der Waals surface area contributed by atoms with E-state index in [9.17, 15) is 4.79 Å². The van der Waals surface area contributed by atoms with Crippen molar-refractivity contribution in [1.82, 2.24) is 5.32 Å². The smallest absolute Gasteiger partial charge is 0.322 e. The van der Waals surface area contributed by atoms with Crippen molar-refractivity contribution >= 4 is 11.7 Å². The van der Waals surface area contributed by atoms with Crippen molar-refractivity contribution in [3.05, 3.63) is 90.0 Å². The van der Waals surface area contributed by atoms with E-state index in [1.807, 2.05) is 49.4 Å². The lowest BCUT2D eigenvalue weighted by Crippen LogP contribution is -2.48. The predicted octanol–water partition coefficient (Wildman–Crippen LogP) is 6.96. The second kappa shape index (κ2) is 12.4. The van der Waals surface area contributed by atoms with Crippen molar-refractivity contribution in [2.75, 3.05) is 11.4 Å². The van der Waals surface area contributed by atoms with Gasteiger partial charge >= 0.3 is 6.03 Å². The molecule has 3 aromatic carbocycles. The second-order valence-corrected chi connectivity index (χ2v) is 9.24. The molecule has 0 heterocycles. The average Bonchev–Trinajstić information content (AvgIpc) is 2.87. The van der Waals surface area contributed by atoms with Crippen molar-refractivity contribution in [2.45, 2.75) is 59.0 Å². The van der Waals surface area contributed by atoms with Gasteiger partial charge in [0.05, 0.1) is 6.04 Å². The molecule has 4 nitrogen and oxygen atoms in total. The van der Waals surface area contributed by atoms with Gasteiger partial charge in [-0.05, 0) is 53.6 Å². The van der Waals surface area contributed by atoms with E-state index in [1.165, 1.54) is 11.1 Å². The van der Waals surface area contributed by atoms with Crippen LogP contribution in [0, 0.1) is 5.92 Å². The molecule has 0 radical (unpaired) electrons.